The van der Waals surface area contributed by atoms with Crippen LogP contribution in [-0.2, 0) is 0 Å². The van der Waals surface area contributed by atoms with Crippen molar-refractivity contribution < 1.29 is 24.5 Å². The van der Waals surface area contributed by atoms with E-state index in [1.54, 1.807) is 0 Å². The number of nitrogens with one attached hydrogen (secondary N) is 2. The molecule has 10 nitrogen and oxygen atoms in total. The number of aromatic nitrogens is 3. The molecule has 0 aliphatic heterocycles. The normalized spacial score (nSPS) is 21.5. The summed E-state index contributed by atoms with van der Waals surface area (Å²) in [6.07, 6.45) is -1.73. The van der Waals surface area contributed by atoms with E-state index in [0.717, 1.165) is 16.5 Å². The molecule has 0 spiro atoms. The zero-order valence-corrected chi connectivity index (χ0v) is 23.5. The molecule has 4 aromatic rings. The lowest BCUT2D eigenvalue weighted by Crippen LogP contribution is -2.35. The van der Waals surface area contributed by atoms with E-state index in [1.807, 2.05) is 45.0 Å². The molecule has 0 saturated heterocycles. The van der Waals surface area contributed by atoms with Crippen LogP contribution in [0.2, 0.25) is 0 Å². The van der Waals surface area contributed by atoms with Gasteiger partial charge in [0.1, 0.15) is 17.7 Å². The smallest absolute Gasteiger partial charge is 0.225 e. The maximum atomic E-state index is 10.7. The molecule has 5 atom stereocenters. The van der Waals surface area contributed by atoms with Crippen molar-refractivity contribution in [2.75, 3.05) is 23.8 Å². The third-order valence-corrected chi connectivity index (χ3v) is 7.63. The van der Waals surface area contributed by atoms with E-state index in [9.17, 15) is 15.3 Å². The molecule has 1 aliphatic carbocycles. The van der Waals surface area contributed by atoms with Crippen LogP contribution in [0.4, 0.5) is 11.8 Å². The molecule has 5 unspecified atom stereocenters. The number of rotatable bonds is 9. The fourth-order valence-electron chi connectivity index (χ4n) is 5.53. The molecule has 3 heterocycles. The Morgan fingerprint density at radius 2 is 1.82 bits per heavy atom. The molecule has 1 aromatic carbocycles. The van der Waals surface area contributed by atoms with Crippen LogP contribution in [0.1, 0.15) is 48.8 Å². The van der Waals surface area contributed by atoms with Crippen molar-refractivity contribution in [3.63, 3.8) is 0 Å². The predicted octanol–water partition coefficient (Wildman–Crippen LogP) is 4.30. The molecule has 0 amide bonds. The van der Waals surface area contributed by atoms with E-state index in [0.29, 0.717) is 59.0 Å². The first-order valence-corrected chi connectivity index (χ1v) is 13.7. The van der Waals surface area contributed by atoms with E-state index in [1.165, 1.54) is 0 Å². The van der Waals surface area contributed by atoms with Gasteiger partial charge in [-0.3, -0.25) is 0 Å². The first-order valence-electron chi connectivity index (χ1n) is 13.7. The fourth-order valence-corrected chi connectivity index (χ4v) is 5.53. The zero-order chi connectivity index (χ0) is 28.6. The highest BCUT2D eigenvalue weighted by Gasteiger charge is 2.41. The van der Waals surface area contributed by atoms with Crippen LogP contribution in [0.15, 0.2) is 40.8 Å². The fraction of sp³-hybridized carbons (Fsp3) is 0.433. The number of hydrogen-bond donors (Lipinski definition) is 5. The van der Waals surface area contributed by atoms with Crippen molar-refractivity contribution in [2.24, 2.45) is 5.92 Å². The Labute approximate surface area is 233 Å². The molecular formula is C30H37N5O5. The van der Waals surface area contributed by atoms with Crippen molar-refractivity contribution in [1.82, 2.24) is 15.0 Å². The summed E-state index contributed by atoms with van der Waals surface area (Å²) in [6.45, 7) is 10.1. The standard InChI is InChI=1S/C30H37N5O5/c1-6-39-24-13-19-12-23(40-28(19)18(5)31-24)25-17(4)33-30(32-16(3)21-10-8-7-9-15(21)2)35-29(25)34-22-11-20(14-36)26(37)27(22)38/h7-10,12-13,16,20,22,26-27,36-38H,6,11,14H2,1-5H3,(H2,32,33,34,35). The highest BCUT2D eigenvalue weighted by molar-refractivity contribution is 5.88. The lowest BCUT2D eigenvalue weighted by molar-refractivity contribution is 0.00446. The SMILES string of the molecule is CCOc1cc2cc(-c3c(C)nc(NC(C)c4ccccc4C)nc3NC3CC(CO)C(O)C3O)oc2c(C)n1. The van der Waals surface area contributed by atoms with Crippen molar-refractivity contribution in [2.45, 2.75) is 65.3 Å². The Morgan fingerprint density at radius 3 is 2.52 bits per heavy atom. The summed E-state index contributed by atoms with van der Waals surface area (Å²) < 4.78 is 11.9. The lowest BCUT2D eigenvalue weighted by atomic mass is 10.0. The molecule has 10 heteroatoms. The number of ether oxygens (including phenoxy) is 1. The van der Waals surface area contributed by atoms with Gasteiger partial charge in [0.15, 0.2) is 5.58 Å². The van der Waals surface area contributed by atoms with Crippen molar-refractivity contribution >= 4 is 22.7 Å². The summed E-state index contributed by atoms with van der Waals surface area (Å²) in [5, 5.41) is 38.5. The van der Waals surface area contributed by atoms with E-state index in [4.69, 9.17) is 19.1 Å². The van der Waals surface area contributed by atoms with Gasteiger partial charge in [-0.2, -0.15) is 4.98 Å². The van der Waals surface area contributed by atoms with Gasteiger partial charge in [-0.25, -0.2) is 9.97 Å². The summed E-state index contributed by atoms with van der Waals surface area (Å²) >= 11 is 0. The second-order valence-electron chi connectivity index (χ2n) is 10.5. The molecule has 0 bridgehead atoms. The van der Waals surface area contributed by atoms with Crippen LogP contribution in [0.25, 0.3) is 22.3 Å². The number of aryl methyl sites for hydroxylation is 3. The number of hydrogen-bond acceptors (Lipinski definition) is 10. The Hall–Kier alpha value is -3.73. The van der Waals surface area contributed by atoms with Gasteiger partial charge in [0, 0.05) is 24.0 Å². The van der Waals surface area contributed by atoms with Crippen LogP contribution in [0, 0.1) is 26.7 Å². The number of fused-ring (bicyclic) bond motifs is 1. The minimum Gasteiger partial charge on any atom is -0.478 e. The van der Waals surface area contributed by atoms with Gasteiger partial charge in [-0.1, -0.05) is 24.3 Å². The molecular weight excluding hydrogens is 510 g/mol. The Morgan fingerprint density at radius 1 is 1.05 bits per heavy atom. The second kappa shape index (κ2) is 11.4. The van der Waals surface area contributed by atoms with Crippen molar-refractivity contribution in [3.05, 3.63) is 58.9 Å². The first-order chi connectivity index (χ1) is 19.2. The van der Waals surface area contributed by atoms with Gasteiger partial charge in [-0.05, 0) is 58.2 Å². The van der Waals surface area contributed by atoms with Crippen molar-refractivity contribution in [1.29, 1.82) is 0 Å². The number of benzene rings is 1. The zero-order valence-electron chi connectivity index (χ0n) is 23.5. The molecule has 40 heavy (non-hydrogen) atoms. The maximum Gasteiger partial charge on any atom is 0.225 e. The second-order valence-corrected chi connectivity index (χ2v) is 10.5. The van der Waals surface area contributed by atoms with Crippen LogP contribution < -0.4 is 15.4 Å². The molecule has 1 aliphatic rings. The number of pyridine rings is 1. The van der Waals surface area contributed by atoms with Gasteiger partial charge in [0.25, 0.3) is 0 Å². The summed E-state index contributed by atoms with van der Waals surface area (Å²) in [5.74, 6) is 1.50. The van der Waals surface area contributed by atoms with Gasteiger partial charge in [-0.15, -0.1) is 0 Å². The summed E-state index contributed by atoms with van der Waals surface area (Å²) in [7, 11) is 0. The largest absolute Gasteiger partial charge is 0.478 e. The molecule has 1 saturated carbocycles. The Balaban J connectivity index is 1.57. The van der Waals surface area contributed by atoms with E-state index >= 15 is 0 Å². The average molecular weight is 548 g/mol. The van der Waals surface area contributed by atoms with Gasteiger partial charge < -0.3 is 35.1 Å². The molecule has 0 radical (unpaired) electrons. The van der Waals surface area contributed by atoms with Crippen LogP contribution in [-0.4, -0.2) is 61.7 Å². The molecule has 3 aromatic heterocycles. The monoisotopic (exact) mass is 547 g/mol. The third-order valence-electron chi connectivity index (χ3n) is 7.63. The summed E-state index contributed by atoms with van der Waals surface area (Å²) in [5.41, 5.74) is 4.93. The number of aliphatic hydroxyl groups excluding tert-OH is 3. The summed E-state index contributed by atoms with van der Waals surface area (Å²) in [6, 6.07) is 11.3. The number of nitrogens with zero attached hydrogens (tertiary/aromatic N) is 3. The minimum atomic E-state index is -1.07. The number of anilines is 2. The highest BCUT2D eigenvalue weighted by atomic mass is 16.5. The molecule has 1 fully saturated rings. The van der Waals surface area contributed by atoms with Crippen LogP contribution in [0.5, 0.6) is 5.88 Å². The highest BCUT2D eigenvalue weighted by Crippen LogP contribution is 2.38. The summed E-state index contributed by atoms with van der Waals surface area (Å²) in [4.78, 5) is 14.1. The topological polar surface area (TPSA) is 146 Å². The minimum absolute atomic E-state index is 0.0612. The maximum absolute atomic E-state index is 10.7. The van der Waals surface area contributed by atoms with Gasteiger partial charge >= 0.3 is 0 Å². The van der Waals surface area contributed by atoms with Crippen LogP contribution in [0.3, 0.4) is 0 Å². The van der Waals surface area contributed by atoms with E-state index in [-0.39, 0.29) is 12.6 Å². The predicted molar refractivity (Wildman–Crippen MR) is 154 cm³/mol. The quantitative estimate of drug-likeness (QED) is 0.206. The van der Waals surface area contributed by atoms with E-state index in [2.05, 4.69) is 41.6 Å². The Bertz CT molecular complexity index is 1510. The number of aliphatic hydroxyl groups is 3. The van der Waals surface area contributed by atoms with Crippen molar-refractivity contribution in [3.8, 4) is 17.2 Å². The lowest BCUT2D eigenvalue weighted by Gasteiger charge is -2.22. The Kier molecular flexibility index (Phi) is 7.93. The van der Waals surface area contributed by atoms with E-state index < -0.39 is 24.2 Å². The van der Waals surface area contributed by atoms with Gasteiger partial charge in [0.2, 0.25) is 11.8 Å². The first kappa shape index (κ1) is 27.8. The average Bonchev–Trinajstić information content (AvgIpc) is 3.45. The van der Waals surface area contributed by atoms with Crippen LogP contribution >= 0.6 is 0 Å². The molecule has 5 rings (SSSR count). The van der Waals surface area contributed by atoms with Gasteiger partial charge in [0.05, 0.1) is 41.7 Å². The third kappa shape index (κ3) is 5.34. The number of furan rings is 1. The molecule has 212 valence electrons. The molecule has 5 N–H and O–H groups in total.